The van der Waals surface area contributed by atoms with Crippen LogP contribution < -0.4 is 5.43 Å². The number of phenols is 1. The lowest BCUT2D eigenvalue weighted by Crippen LogP contribution is -2.27. The van der Waals surface area contributed by atoms with E-state index in [1.54, 1.807) is 12.3 Å². The fourth-order valence-corrected chi connectivity index (χ4v) is 2.53. The summed E-state index contributed by atoms with van der Waals surface area (Å²) in [6, 6.07) is 4.60. The Balaban J connectivity index is 1.92. The molecule has 0 radical (unpaired) electrons. The zero-order valence-electron chi connectivity index (χ0n) is 11.2. The van der Waals surface area contributed by atoms with Crippen LogP contribution in [0, 0.1) is 0 Å². The second kappa shape index (κ2) is 5.51. The number of fused-ring (bicyclic) bond motifs is 1. The Morgan fingerprint density at radius 2 is 1.95 bits per heavy atom. The quantitative estimate of drug-likeness (QED) is 0.853. The summed E-state index contributed by atoms with van der Waals surface area (Å²) in [5.74, 6) is 0.0842. The monoisotopic (exact) mass is 271 g/mol. The van der Waals surface area contributed by atoms with E-state index in [4.69, 9.17) is 4.42 Å². The van der Waals surface area contributed by atoms with Crippen molar-refractivity contribution in [2.75, 3.05) is 13.1 Å². The predicted molar refractivity (Wildman–Crippen MR) is 77.8 cm³/mol. The first-order valence-corrected chi connectivity index (χ1v) is 6.85. The molecule has 1 aliphatic rings. The molecule has 1 aromatic heterocycles. The minimum atomic E-state index is -0.0562. The molecule has 0 fully saturated rings. The van der Waals surface area contributed by atoms with Crippen LogP contribution in [0.15, 0.2) is 45.8 Å². The summed E-state index contributed by atoms with van der Waals surface area (Å²) in [5.41, 5.74) is 1.10. The van der Waals surface area contributed by atoms with E-state index in [1.165, 1.54) is 12.1 Å². The number of hydrogen-bond donors (Lipinski definition) is 1. The smallest absolute Gasteiger partial charge is 0.197 e. The van der Waals surface area contributed by atoms with Crippen molar-refractivity contribution >= 4 is 11.0 Å². The zero-order valence-corrected chi connectivity index (χ0v) is 11.2. The molecular formula is C16H17NO3. The van der Waals surface area contributed by atoms with Crippen molar-refractivity contribution in [1.29, 1.82) is 0 Å². The van der Waals surface area contributed by atoms with Gasteiger partial charge in [-0.05, 0) is 31.0 Å². The van der Waals surface area contributed by atoms with E-state index in [1.807, 2.05) is 0 Å². The van der Waals surface area contributed by atoms with Crippen molar-refractivity contribution in [2.45, 2.75) is 19.4 Å². The molecule has 0 atom stereocenters. The molecule has 3 rings (SSSR count). The lowest BCUT2D eigenvalue weighted by Gasteiger charge is -2.19. The van der Waals surface area contributed by atoms with E-state index < -0.39 is 0 Å². The van der Waals surface area contributed by atoms with Gasteiger partial charge < -0.3 is 9.52 Å². The van der Waals surface area contributed by atoms with Crippen molar-refractivity contribution in [2.24, 2.45) is 0 Å². The van der Waals surface area contributed by atoms with Crippen LogP contribution in [0.4, 0.5) is 0 Å². The van der Waals surface area contributed by atoms with E-state index >= 15 is 0 Å². The predicted octanol–water partition coefficient (Wildman–Crippen LogP) is 2.65. The van der Waals surface area contributed by atoms with Gasteiger partial charge in [-0.15, -0.1) is 0 Å². The van der Waals surface area contributed by atoms with Crippen LogP contribution in [0.25, 0.3) is 11.0 Å². The van der Waals surface area contributed by atoms with E-state index in [2.05, 4.69) is 17.1 Å². The molecular weight excluding hydrogens is 254 g/mol. The van der Waals surface area contributed by atoms with Gasteiger partial charge in [0.05, 0.1) is 11.6 Å². The van der Waals surface area contributed by atoms with Crippen LogP contribution in [0.2, 0.25) is 0 Å². The van der Waals surface area contributed by atoms with E-state index in [9.17, 15) is 9.90 Å². The van der Waals surface area contributed by atoms with Gasteiger partial charge in [0.25, 0.3) is 0 Å². The minimum absolute atomic E-state index is 0.0562. The first-order chi connectivity index (χ1) is 9.74. The standard InChI is InChI=1S/C16H17NO3/c18-13-5-6-15-14(9-13)16(19)12(11-20-15)10-17-7-3-1-2-4-8-17/h1-2,5-6,9,11,18H,3-4,7-8,10H2. The highest BCUT2D eigenvalue weighted by molar-refractivity contribution is 5.78. The summed E-state index contributed by atoms with van der Waals surface area (Å²) < 4.78 is 5.50. The molecule has 0 unspecified atom stereocenters. The Kier molecular flexibility index (Phi) is 3.56. The lowest BCUT2D eigenvalue weighted by atomic mass is 10.1. The van der Waals surface area contributed by atoms with Crippen LogP contribution in [-0.2, 0) is 6.54 Å². The molecule has 1 aromatic carbocycles. The fourth-order valence-electron chi connectivity index (χ4n) is 2.53. The molecule has 4 nitrogen and oxygen atoms in total. The third kappa shape index (κ3) is 2.60. The summed E-state index contributed by atoms with van der Waals surface area (Å²) in [6.07, 6.45) is 7.93. The number of nitrogens with zero attached hydrogens (tertiary/aromatic N) is 1. The maximum atomic E-state index is 12.4. The van der Waals surface area contributed by atoms with E-state index in [0.29, 0.717) is 23.1 Å². The molecule has 104 valence electrons. The molecule has 2 aromatic rings. The fraction of sp³-hybridized carbons (Fsp3) is 0.312. The van der Waals surface area contributed by atoms with Gasteiger partial charge >= 0.3 is 0 Å². The summed E-state index contributed by atoms with van der Waals surface area (Å²) in [4.78, 5) is 14.7. The third-order valence-electron chi connectivity index (χ3n) is 3.61. The maximum absolute atomic E-state index is 12.4. The Morgan fingerprint density at radius 3 is 2.70 bits per heavy atom. The van der Waals surface area contributed by atoms with Gasteiger partial charge in [-0.2, -0.15) is 0 Å². The molecule has 20 heavy (non-hydrogen) atoms. The van der Waals surface area contributed by atoms with Crippen LogP contribution in [0.1, 0.15) is 18.4 Å². The third-order valence-corrected chi connectivity index (χ3v) is 3.61. The average Bonchev–Trinajstić information content (AvgIpc) is 2.71. The highest BCUT2D eigenvalue weighted by Gasteiger charge is 2.12. The van der Waals surface area contributed by atoms with Gasteiger partial charge in [0, 0.05) is 25.2 Å². The molecule has 0 aliphatic carbocycles. The van der Waals surface area contributed by atoms with Crippen LogP contribution >= 0.6 is 0 Å². The largest absolute Gasteiger partial charge is 0.508 e. The maximum Gasteiger partial charge on any atom is 0.197 e. The van der Waals surface area contributed by atoms with Gasteiger partial charge in [0.2, 0.25) is 0 Å². The SMILES string of the molecule is O=c1c(CN2CCC=CCC2)coc2ccc(O)cc12. The topological polar surface area (TPSA) is 53.7 Å². The van der Waals surface area contributed by atoms with Crippen molar-refractivity contribution < 1.29 is 9.52 Å². The van der Waals surface area contributed by atoms with Crippen molar-refractivity contribution in [3.05, 3.63) is 52.4 Å². The number of aromatic hydroxyl groups is 1. The van der Waals surface area contributed by atoms with Gasteiger partial charge in [-0.25, -0.2) is 0 Å². The molecule has 0 saturated carbocycles. The van der Waals surface area contributed by atoms with Crippen LogP contribution in [0.5, 0.6) is 5.75 Å². The number of benzene rings is 1. The first-order valence-electron chi connectivity index (χ1n) is 6.85. The van der Waals surface area contributed by atoms with E-state index in [0.717, 1.165) is 25.9 Å². The van der Waals surface area contributed by atoms with Gasteiger partial charge in [-0.1, -0.05) is 12.2 Å². The normalized spacial score (nSPS) is 16.4. The summed E-state index contributed by atoms with van der Waals surface area (Å²) >= 11 is 0. The number of rotatable bonds is 2. The Bertz CT molecular complexity index is 692. The zero-order chi connectivity index (χ0) is 13.9. The number of phenolic OH excluding ortho intramolecular Hbond substituents is 1. The highest BCUT2D eigenvalue weighted by atomic mass is 16.3. The lowest BCUT2D eigenvalue weighted by molar-refractivity contribution is 0.278. The second-order valence-electron chi connectivity index (χ2n) is 5.10. The summed E-state index contributed by atoms with van der Waals surface area (Å²) in [7, 11) is 0. The second-order valence-corrected chi connectivity index (χ2v) is 5.10. The average molecular weight is 271 g/mol. The summed E-state index contributed by atoms with van der Waals surface area (Å²) in [6.45, 7) is 2.50. The highest BCUT2D eigenvalue weighted by Crippen LogP contribution is 2.18. The molecule has 1 aliphatic heterocycles. The van der Waals surface area contributed by atoms with Crippen LogP contribution in [0.3, 0.4) is 0 Å². The molecule has 4 heteroatoms. The van der Waals surface area contributed by atoms with Gasteiger partial charge in [0.1, 0.15) is 11.3 Å². The molecule has 0 spiro atoms. The first kappa shape index (κ1) is 12.9. The van der Waals surface area contributed by atoms with Gasteiger partial charge in [0.15, 0.2) is 5.43 Å². The molecule has 0 amide bonds. The molecule has 2 heterocycles. The van der Waals surface area contributed by atoms with Crippen LogP contribution in [-0.4, -0.2) is 23.1 Å². The van der Waals surface area contributed by atoms with Crippen molar-refractivity contribution in [3.8, 4) is 5.75 Å². The molecule has 1 N–H and O–H groups in total. The minimum Gasteiger partial charge on any atom is -0.508 e. The Morgan fingerprint density at radius 1 is 1.20 bits per heavy atom. The Hall–Kier alpha value is -2.07. The summed E-state index contributed by atoms with van der Waals surface area (Å²) in [5, 5.41) is 9.95. The molecule has 0 bridgehead atoms. The van der Waals surface area contributed by atoms with E-state index in [-0.39, 0.29) is 11.2 Å². The van der Waals surface area contributed by atoms with Gasteiger partial charge in [-0.3, -0.25) is 9.69 Å². The van der Waals surface area contributed by atoms with Crippen molar-refractivity contribution in [1.82, 2.24) is 4.90 Å². The van der Waals surface area contributed by atoms with Crippen molar-refractivity contribution in [3.63, 3.8) is 0 Å². The number of hydrogen-bond acceptors (Lipinski definition) is 4. The Labute approximate surface area is 116 Å². The molecule has 0 saturated heterocycles.